The Labute approximate surface area is 288 Å². The van der Waals surface area contributed by atoms with Crippen molar-refractivity contribution in [2.24, 2.45) is 10.2 Å². The molecular formula is C36H34Cl2N6O4. The average molecular weight is 686 g/mol. The molecule has 4 rings (SSSR count). The first-order valence-corrected chi connectivity index (χ1v) is 15.8. The second kappa shape index (κ2) is 17.6. The Hall–Kier alpha value is -5.32. The molecule has 4 N–H and O–H groups in total. The Balaban J connectivity index is 1.17. The number of rotatable bonds is 13. The smallest absolute Gasteiger partial charge is 0.255 e. The normalized spacial score (nSPS) is 11.4. The Morgan fingerprint density at radius 1 is 0.542 bits per heavy atom. The van der Waals surface area contributed by atoms with Crippen LogP contribution in [0.3, 0.4) is 0 Å². The van der Waals surface area contributed by atoms with E-state index in [1.807, 2.05) is 12.1 Å². The topological polar surface area (TPSA) is 141 Å². The number of nitrogens with one attached hydrogen (secondary N) is 4. The van der Waals surface area contributed by atoms with Crippen LogP contribution in [-0.4, -0.2) is 35.1 Å². The monoisotopic (exact) mass is 684 g/mol. The van der Waals surface area contributed by atoms with E-state index in [1.54, 1.807) is 98.8 Å². The summed E-state index contributed by atoms with van der Waals surface area (Å²) in [5.74, 6) is -1.10. The van der Waals surface area contributed by atoms with Crippen molar-refractivity contribution in [3.63, 3.8) is 0 Å². The summed E-state index contributed by atoms with van der Waals surface area (Å²) in [4.78, 5) is 49.7. The van der Waals surface area contributed by atoms with E-state index in [1.165, 1.54) is 0 Å². The van der Waals surface area contributed by atoms with E-state index < -0.39 is 0 Å². The highest BCUT2D eigenvalue weighted by atomic mass is 35.5. The predicted molar refractivity (Wildman–Crippen MR) is 191 cm³/mol. The summed E-state index contributed by atoms with van der Waals surface area (Å²) in [6.07, 6.45) is 1.35. The number of benzene rings is 4. The van der Waals surface area contributed by atoms with Crippen LogP contribution in [0.25, 0.3) is 0 Å². The van der Waals surface area contributed by atoms with Gasteiger partial charge in [-0.3, -0.25) is 19.2 Å². The van der Waals surface area contributed by atoms with Crippen LogP contribution in [-0.2, 0) is 9.59 Å². The van der Waals surface area contributed by atoms with Gasteiger partial charge in [0.25, 0.3) is 11.8 Å². The van der Waals surface area contributed by atoms with Crippen molar-refractivity contribution >= 4 is 69.6 Å². The molecule has 0 unspecified atom stereocenters. The molecule has 0 bridgehead atoms. The molecule has 0 aliphatic rings. The van der Waals surface area contributed by atoms with E-state index in [0.29, 0.717) is 56.8 Å². The Bertz CT molecular complexity index is 1710. The van der Waals surface area contributed by atoms with Crippen LogP contribution in [0, 0.1) is 0 Å². The highest BCUT2D eigenvalue weighted by Crippen LogP contribution is 2.17. The largest absolute Gasteiger partial charge is 0.322 e. The van der Waals surface area contributed by atoms with Gasteiger partial charge in [0, 0.05) is 45.4 Å². The average Bonchev–Trinajstić information content (AvgIpc) is 3.08. The molecule has 4 amide bonds. The second-order valence-corrected chi connectivity index (χ2v) is 11.6. The quantitative estimate of drug-likeness (QED) is 0.0660. The first kappa shape index (κ1) is 35.5. The third-order valence-electron chi connectivity index (χ3n) is 7.04. The first-order valence-electron chi connectivity index (χ1n) is 15.1. The van der Waals surface area contributed by atoms with E-state index in [4.69, 9.17) is 23.2 Å². The molecule has 12 heteroatoms. The summed E-state index contributed by atoms with van der Waals surface area (Å²) in [6, 6.07) is 27.4. The maximum Gasteiger partial charge on any atom is 0.255 e. The van der Waals surface area contributed by atoms with Crippen molar-refractivity contribution in [1.29, 1.82) is 0 Å². The highest BCUT2D eigenvalue weighted by Gasteiger charge is 2.10. The van der Waals surface area contributed by atoms with Gasteiger partial charge in [-0.2, -0.15) is 10.2 Å². The lowest BCUT2D eigenvalue weighted by molar-refractivity contribution is -0.123. The van der Waals surface area contributed by atoms with Gasteiger partial charge in [0.15, 0.2) is 0 Å². The maximum absolute atomic E-state index is 12.5. The van der Waals surface area contributed by atoms with E-state index in [9.17, 15) is 19.2 Å². The summed E-state index contributed by atoms with van der Waals surface area (Å²) < 4.78 is 0. The number of hydrogen-bond acceptors (Lipinski definition) is 6. The lowest BCUT2D eigenvalue weighted by Crippen LogP contribution is -2.20. The SMILES string of the molecule is CC(=NNC(=O)CCCCC(=O)NN=C(C)c1cccc(NC(=O)c2ccc(Cl)cc2)c1)c1cccc(NC(=O)c2ccc(Cl)cc2)c1. The maximum atomic E-state index is 12.5. The molecular weight excluding hydrogens is 651 g/mol. The summed E-state index contributed by atoms with van der Waals surface area (Å²) >= 11 is 11.8. The van der Waals surface area contributed by atoms with Crippen LogP contribution in [0.1, 0.15) is 71.4 Å². The van der Waals surface area contributed by atoms with Crippen LogP contribution >= 0.6 is 23.2 Å². The number of carbonyl (C=O) groups is 4. The van der Waals surface area contributed by atoms with Crippen LogP contribution in [0.5, 0.6) is 0 Å². The second-order valence-electron chi connectivity index (χ2n) is 10.8. The van der Waals surface area contributed by atoms with Gasteiger partial charge in [-0.15, -0.1) is 0 Å². The third kappa shape index (κ3) is 11.2. The van der Waals surface area contributed by atoms with E-state index in [0.717, 1.165) is 11.1 Å². The zero-order chi connectivity index (χ0) is 34.5. The number of hydrogen-bond donors (Lipinski definition) is 4. The fourth-order valence-electron chi connectivity index (χ4n) is 4.36. The van der Waals surface area contributed by atoms with Crippen molar-refractivity contribution in [3.05, 3.63) is 129 Å². The van der Waals surface area contributed by atoms with Crippen molar-refractivity contribution in [2.75, 3.05) is 10.6 Å². The van der Waals surface area contributed by atoms with Crippen LogP contribution in [0.2, 0.25) is 10.0 Å². The minimum absolute atomic E-state index is 0.193. The van der Waals surface area contributed by atoms with Gasteiger partial charge in [0.05, 0.1) is 11.4 Å². The number of halogens is 2. The standard InChI is InChI=1S/C36H34Cl2N6O4/c1-23(27-7-5-9-31(21-27)39-35(47)25-13-17-29(37)18-14-25)41-43-33(45)11-3-4-12-34(46)44-42-24(2)28-8-6-10-32(22-28)40-36(48)26-15-19-30(38)20-16-26/h5-10,13-22H,3-4,11-12H2,1-2H3,(H,39,47)(H,40,48)(H,43,45)(H,44,46). The number of anilines is 2. The summed E-state index contributed by atoms with van der Waals surface area (Å²) in [6.45, 7) is 3.50. The van der Waals surface area contributed by atoms with Gasteiger partial charge in [-0.05, 0) is 111 Å². The van der Waals surface area contributed by atoms with Gasteiger partial charge >= 0.3 is 0 Å². The molecule has 0 saturated carbocycles. The van der Waals surface area contributed by atoms with E-state index >= 15 is 0 Å². The summed E-state index contributed by atoms with van der Waals surface area (Å²) in [5, 5.41) is 15.1. The molecule has 0 saturated heterocycles. The molecule has 0 aliphatic heterocycles. The molecule has 0 radical (unpaired) electrons. The first-order chi connectivity index (χ1) is 23.1. The van der Waals surface area contributed by atoms with Crippen LogP contribution in [0.15, 0.2) is 107 Å². The van der Waals surface area contributed by atoms with Crippen molar-refractivity contribution < 1.29 is 19.2 Å². The Morgan fingerprint density at radius 3 is 1.29 bits per heavy atom. The highest BCUT2D eigenvalue weighted by molar-refractivity contribution is 6.31. The number of unbranched alkanes of at least 4 members (excludes halogenated alkanes) is 1. The van der Waals surface area contributed by atoms with Gasteiger partial charge in [-0.25, -0.2) is 10.9 Å². The number of hydrazone groups is 2. The summed E-state index contributed by atoms with van der Waals surface area (Å²) in [7, 11) is 0. The lowest BCUT2D eigenvalue weighted by atomic mass is 10.1. The number of amides is 4. The lowest BCUT2D eigenvalue weighted by Gasteiger charge is -2.08. The molecule has 0 atom stereocenters. The van der Waals surface area contributed by atoms with E-state index in [-0.39, 0.29) is 36.5 Å². The molecule has 4 aromatic carbocycles. The molecule has 48 heavy (non-hydrogen) atoms. The molecule has 0 aliphatic carbocycles. The minimum Gasteiger partial charge on any atom is -0.322 e. The molecule has 0 spiro atoms. The molecule has 0 heterocycles. The predicted octanol–water partition coefficient (Wildman–Crippen LogP) is 7.44. The van der Waals surface area contributed by atoms with Crippen molar-refractivity contribution in [2.45, 2.75) is 39.5 Å². The fraction of sp³-hybridized carbons (Fsp3) is 0.167. The molecule has 4 aromatic rings. The Morgan fingerprint density at radius 2 is 0.917 bits per heavy atom. The van der Waals surface area contributed by atoms with Gasteiger partial charge in [-0.1, -0.05) is 47.5 Å². The minimum atomic E-state index is -0.279. The number of carbonyl (C=O) groups excluding carboxylic acids is 4. The number of nitrogens with zero attached hydrogens (tertiary/aromatic N) is 2. The molecule has 0 fully saturated rings. The zero-order valence-corrected chi connectivity index (χ0v) is 27.9. The molecule has 0 aromatic heterocycles. The van der Waals surface area contributed by atoms with Gasteiger partial charge in [0.2, 0.25) is 11.8 Å². The fourth-order valence-corrected chi connectivity index (χ4v) is 4.61. The van der Waals surface area contributed by atoms with Crippen molar-refractivity contribution in [3.8, 4) is 0 Å². The Kier molecular flexibility index (Phi) is 13.0. The summed E-state index contributed by atoms with van der Waals surface area (Å²) in [5.41, 5.74) is 9.78. The zero-order valence-electron chi connectivity index (χ0n) is 26.3. The van der Waals surface area contributed by atoms with Crippen LogP contribution in [0.4, 0.5) is 11.4 Å². The van der Waals surface area contributed by atoms with Crippen LogP contribution < -0.4 is 21.5 Å². The van der Waals surface area contributed by atoms with Gasteiger partial charge < -0.3 is 10.6 Å². The van der Waals surface area contributed by atoms with Crippen molar-refractivity contribution in [1.82, 2.24) is 10.9 Å². The van der Waals surface area contributed by atoms with Gasteiger partial charge in [0.1, 0.15) is 0 Å². The van der Waals surface area contributed by atoms with E-state index in [2.05, 4.69) is 31.7 Å². The molecule has 10 nitrogen and oxygen atoms in total. The molecule has 246 valence electrons. The third-order valence-corrected chi connectivity index (χ3v) is 7.55.